The molecule has 9 heteroatoms. The Labute approximate surface area is 189 Å². The molecule has 0 aromatic heterocycles. The highest BCUT2D eigenvalue weighted by molar-refractivity contribution is 8.26. The largest absolute Gasteiger partial charge is 0.493 e. The highest BCUT2D eigenvalue weighted by atomic mass is 35.5. The molecule has 3 rings (SSSR count). The number of thiocarbonyl (C=S) groups is 1. The van der Waals surface area contributed by atoms with Crippen molar-refractivity contribution in [1.29, 1.82) is 0 Å². The molecule has 1 aliphatic heterocycles. The minimum absolute atomic E-state index is 0.145. The van der Waals surface area contributed by atoms with Crippen LogP contribution in [0.2, 0.25) is 5.02 Å². The van der Waals surface area contributed by atoms with E-state index in [0.29, 0.717) is 49.4 Å². The van der Waals surface area contributed by atoms with Crippen molar-refractivity contribution in [1.82, 2.24) is 4.90 Å². The third-order valence-electron chi connectivity index (χ3n) is 4.19. The summed E-state index contributed by atoms with van der Waals surface area (Å²) in [5.41, 5.74) is 0.712. The lowest BCUT2D eigenvalue weighted by atomic mass is 10.2. The van der Waals surface area contributed by atoms with Gasteiger partial charge in [0.2, 0.25) is 0 Å². The normalized spacial score (nSPS) is 14.9. The minimum Gasteiger partial charge on any atom is -0.493 e. The average Bonchev–Trinajstić information content (AvgIpc) is 2.98. The van der Waals surface area contributed by atoms with Crippen LogP contribution >= 0.6 is 35.6 Å². The molecule has 30 heavy (non-hydrogen) atoms. The first-order chi connectivity index (χ1) is 14.4. The molecule has 6 nitrogen and oxygen atoms in total. The van der Waals surface area contributed by atoms with Crippen molar-refractivity contribution >= 4 is 51.9 Å². The number of ether oxygens (including phenoxy) is 4. The van der Waals surface area contributed by atoms with Crippen molar-refractivity contribution in [3.8, 4) is 23.0 Å². The summed E-state index contributed by atoms with van der Waals surface area (Å²) in [6.45, 7) is 0.544. The number of hydrogen-bond donors (Lipinski definition) is 0. The predicted octanol–water partition coefficient (Wildman–Crippen LogP) is 4.65. The number of benzene rings is 2. The SMILES string of the molecule is COc1ccccc1OCCOc1c(Cl)cc(/C=C2/SC(=S)N(C)C2=O)cc1OC. The summed E-state index contributed by atoms with van der Waals surface area (Å²) < 4.78 is 22.7. The number of methoxy groups -OCH3 is 2. The fraction of sp³-hybridized carbons (Fsp3) is 0.238. The summed E-state index contributed by atoms with van der Waals surface area (Å²) in [5, 5.41) is 0.366. The van der Waals surface area contributed by atoms with Crippen LogP contribution in [0.4, 0.5) is 0 Å². The fourth-order valence-electron chi connectivity index (χ4n) is 2.69. The summed E-state index contributed by atoms with van der Waals surface area (Å²) in [7, 11) is 4.76. The van der Waals surface area contributed by atoms with Gasteiger partial charge in [0.15, 0.2) is 23.0 Å². The van der Waals surface area contributed by atoms with E-state index in [4.69, 9.17) is 42.8 Å². The van der Waals surface area contributed by atoms with Gasteiger partial charge >= 0.3 is 0 Å². The summed E-state index contributed by atoms with van der Waals surface area (Å²) >= 11 is 12.8. The molecule has 2 aromatic rings. The van der Waals surface area contributed by atoms with Crippen molar-refractivity contribution in [2.24, 2.45) is 0 Å². The fourth-order valence-corrected chi connectivity index (χ4v) is 4.15. The lowest BCUT2D eigenvalue weighted by molar-refractivity contribution is -0.121. The van der Waals surface area contributed by atoms with E-state index >= 15 is 0 Å². The first-order valence-corrected chi connectivity index (χ1v) is 10.5. The average molecular weight is 466 g/mol. The Morgan fingerprint density at radius 1 is 1.07 bits per heavy atom. The van der Waals surface area contributed by atoms with Gasteiger partial charge in [-0.1, -0.05) is 47.7 Å². The predicted molar refractivity (Wildman–Crippen MR) is 123 cm³/mol. The van der Waals surface area contributed by atoms with Gasteiger partial charge in [-0.2, -0.15) is 0 Å². The van der Waals surface area contributed by atoms with Gasteiger partial charge in [0.25, 0.3) is 5.91 Å². The van der Waals surface area contributed by atoms with Gasteiger partial charge in [0, 0.05) is 7.05 Å². The first-order valence-electron chi connectivity index (χ1n) is 8.92. The minimum atomic E-state index is -0.145. The Morgan fingerprint density at radius 2 is 1.73 bits per heavy atom. The van der Waals surface area contributed by atoms with Gasteiger partial charge in [-0.15, -0.1) is 0 Å². The standard InChI is InChI=1S/C21H20ClNO5S2/c1-23-20(24)18(30-21(23)29)12-13-10-14(22)19(17(11-13)26-3)28-9-8-27-16-7-5-4-6-15(16)25-2/h4-7,10-12H,8-9H2,1-3H3/b18-12+. The number of halogens is 1. The highest BCUT2D eigenvalue weighted by Gasteiger charge is 2.28. The van der Waals surface area contributed by atoms with Crippen LogP contribution in [0.3, 0.4) is 0 Å². The highest BCUT2D eigenvalue weighted by Crippen LogP contribution is 2.38. The molecule has 0 aliphatic carbocycles. The second-order valence-corrected chi connectivity index (χ2v) is 8.21. The number of thioether (sulfide) groups is 1. The van der Waals surface area contributed by atoms with E-state index in [1.54, 1.807) is 32.4 Å². The van der Waals surface area contributed by atoms with E-state index in [2.05, 4.69) is 0 Å². The van der Waals surface area contributed by atoms with Crippen LogP contribution in [0, 0.1) is 0 Å². The Morgan fingerprint density at radius 3 is 2.37 bits per heavy atom. The second kappa shape index (κ2) is 10.1. The van der Waals surface area contributed by atoms with Gasteiger partial charge < -0.3 is 18.9 Å². The number of para-hydroxylation sites is 2. The van der Waals surface area contributed by atoms with E-state index in [9.17, 15) is 4.79 Å². The van der Waals surface area contributed by atoms with E-state index < -0.39 is 0 Å². The molecule has 0 bridgehead atoms. The molecule has 0 N–H and O–H groups in total. The molecule has 0 atom stereocenters. The molecule has 0 spiro atoms. The molecule has 0 saturated carbocycles. The lowest BCUT2D eigenvalue weighted by Crippen LogP contribution is -2.22. The number of hydrogen-bond acceptors (Lipinski definition) is 7. The maximum atomic E-state index is 12.2. The summed E-state index contributed by atoms with van der Waals surface area (Å²) in [4.78, 5) is 14.2. The molecule has 0 unspecified atom stereocenters. The molecule has 1 saturated heterocycles. The number of likely N-dealkylation sites (N-methyl/N-ethyl adjacent to an activating group) is 1. The Bertz CT molecular complexity index is 995. The molecular formula is C21H20ClNO5S2. The number of nitrogens with zero attached hydrogens (tertiary/aromatic N) is 1. The third kappa shape index (κ3) is 5.00. The van der Waals surface area contributed by atoms with Crippen molar-refractivity contribution in [3.05, 3.63) is 51.9 Å². The lowest BCUT2D eigenvalue weighted by Gasteiger charge is -2.14. The van der Waals surface area contributed by atoms with E-state index in [1.165, 1.54) is 23.8 Å². The number of amides is 1. The van der Waals surface area contributed by atoms with Crippen LogP contribution in [-0.4, -0.2) is 49.6 Å². The topological polar surface area (TPSA) is 57.2 Å². The number of carbonyl (C=O) groups is 1. The van der Waals surface area contributed by atoms with Crippen molar-refractivity contribution in [2.75, 3.05) is 34.5 Å². The molecule has 1 aliphatic rings. The second-order valence-electron chi connectivity index (χ2n) is 6.12. The maximum absolute atomic E-state index is 12.2. The monoisotopic (exact) mass is 465 g/mol. The molecule has 1 heterocycles. The Kier molecular flexibility index (Phi) is 7.47. The number of carbonyl (C=O) groups excluding carboxylic acids is 1. The van der Waals surface area contributed by atoms with Crippen LogP contribution in [0.5, 0.6) is 23.0 Å². The zero-order valence-corrected chi connectivity index (χ0v) is 19.0. The van der Waals surface area contributed by atoms with Crippen LogP contribution in [0.25, 0.3) is 6.08 Å². The number of rotatable bonds is 8. The zero-order chi connectivity index (χ0) is 21.7. The molecule has 1 amide bonds. The van der Waals surface area contributed by atoms with Crippen molar-refractivity contribution in [2.45, 2.75) is 0 Å². The molecular weight excluding hydrogens is 446 g/mol. The molecule has 158 valence electrons. The van der Waals surface area contributed by atoms with Crippen LogP contribution in [0.1, 0.15) is 5.56 Å². The van der Waals surface area contributed by atoms with E-state index in [1.807, 2.05) is 24.3 Å². The van der Waals surface area contributed by atoms with Gasteiger partial charge in [-0.3, -0.25) is 9.69 Å². The quantitative estimate of drug-likeness (QED) is 0.319. The third-order valence-corrected chi connectivity index (χ3v) is 5.96. The van der Waals surface area contributed by atoms with Crippen LogP contribution in [-0.2, 0) is 4.79 Å². The van der Waals surface area contributed by atoms with Gasteiger partial charge in [0.1, 0.15) is 17.5 Å². The maximum Gasteiger partial charge on any atom is 0.265 e. The molecule has 0 radical (unpaired) electrons. The van der Waals surface area contributed by atoms with Gasteiger partial charge in [-0.25, -0.2) is 0 Å². The first kappa shape index (κ1) is 22.3. The molecule has 2 aromatic carbocycles. The van der Waals surface area contributed by atoms with Crippen LogP contribution in [0.15, 0.2) is 41.3 Å². The summed E-state index contributed by atoms with van der Waals surface area (Å²) in [6, 6.07) is 10.8. The Balaban J connectivity index is 1.69. The smallest absolute Gasteiger partial charge is 0.265 e. The molecule has 1 fully saturated rings. The zero-order valence-electron chi connectivity index (χ0n) is 16.6. The van der Waals surface area contributed by atoms with E-state index in [0.717, 1.165) is 0 Å². The van der Waals surface area contributed by atoms with Crippen LogP contribution < -0.4 is 18.9 Å². The summed E-state index contributed by atoms with van der Waals surface area (Å²) in [6.07, 6.45) is 1.73. The van der Waals surface area contributed by atoms with Gasteiger partial charge in [-0.05, 0) is 35.9 Å². The van der Waals surface area contributed by atoms with Crippen molar-refractivity contribution in [3.63, 3.8) is 0 Å². The van der Waals surface area contributed by atoms with Crippen molar-refractivity contribution < 1.29 is 23.7 Å². The van der Waals surface area contributed by atoms with E-state index in [-0.39, 0.29) is 12.5 Å². The Hall–Kier alpha value is -2.42. The van der Waals surface area contributed by atoms with Gasteiger partial charge in [0.05, 0.1) is 24.1 Å². The summed E-state index contributed by atoms with van der Waals surface area (Å²) in [5.74, 6) is 2.00.